The molecule has 0 fully saturated rings. The number of ether oxygens (including phenoxy) is 1. The Morgan fingerprint density at radius 1 is 1.27 bits per heavy atom. The first-order chi connectivity index (χ1) is 7.19. The van der Waals surface area contributed by atoms with E-state index in [4.69, 9.17) is 4.74 Å². The van der Waals surface area contributed by atoms with Crippen molar-refractivity contribution in [2.45, 2.75) is 13.8 Å². The Kier molecular flexibility index (Phi) is 4.10. The smallest absolute Gasteiger partial charge is 0.143 e. The van der Waals surface area contributed by atoms with Crippen molar-refractivity contribution >= 4 is 11.9 Å². The second-order valence-corrected chi connectivity index (χ2v) is 3.64. The molecule has 0 N–H and O–H groups in total. The van der Waals surface area contributed by atoms with Crippen molar-refractivity contribution in [1.82, 2.24) is 0 Å². The maximum absolute atomic E-state index is 10.5. The molecule has 0 radical (unpaired) electrons. The van der Waals surface area contributed by atoms with Crippen molar-refractivity contribution in [2.24, 2.45) is 5.92 Å². The van der Waals surface area contributed by atoms with E-state index in [1.165, 1.54) is 0 Å². The number of methoxy groups -OCH3 is 1. The van der Waals surface area contributed by atoms with Gasteiger partial charge in [-0.15, -0.1) is 0 Å². The van der Waals surface area contributed by atoms with Crippen LogP contribution in [0.15, 0.2) is 30.3 Å². The predicted molar refractivity (Wildman–Crippen MR) is 61.9 cm³/mol. The van der Waals surface area contributed by atoms with E-state index in [1.807, 2.05) is 24.3 Å². The van der Waals surface area contributed by atoms with Crippen molar-refractivity contribution in [2.75, 3.05) is 7.11 Å². The summed E-state index contributed by atoms with van der Waals surface area (Å²) < 4.78 is 5.08. The number of allylic oxidation sites excluding steroid dienone is 2. The summed E-state index contributed by atoms with van der Waals surface area (Å²) in [4.78, 5) is 10.5. The van der Waals surface area contributed by atoms with Crippen LogP contribution in [-0.2, 0) is 4.79 Å². The molecule has 0 saturated heterocycles. The molecule has 0 unspecified atom stereocenters. The topological polar surface area (TPSA) is 26.3 Å². The summed E-state index contributed by atoms with van der Waals surface area (Å²) in [6.45, 7) is 4.14. The van der Waals surface area contributed by atoms with E-state index >= 15 is 0 Å². The molecular weight excluding hydrogens is 188 g/mol. The molecule has 0 aliphatic heterocycles. The second kappa shape index (κ2) is 5.35. The van der Waals surface area contributed by atoms with Gasteiger partial charge in [0.15, 0.2) is 0 Å². The van der Waals surface area contributed by atoms with Gasteiger partial charge in [-0.05, 0) is 35.3 Å². The predicted octanol–water partition coefficient (Wildman–Crippen LogP) is 2.93. The molecule has 2 nitrogen and oxygen atoms in total. The summed E-state index contributed by atoms with van der Waals surface area (Å²) in [5.41, 5.74) is 2.12. The lowest BCUT2D eigenvalue weighted by Crippen LogP contribution is -1.94. The van der Waals surface area contributed by atoms with Gasteiger partial charge in [0.25, 0.3) is 0 Å². The summed E-state index contributed by atoms with van der Waals surface area (Å²) in [5.74, 6) is 1.16. The van der Waals surface area contributed by atoms with Gasteiger partial charge in [0.1, 0.15) is 12.0 Å². The van der Waals surface area contributed by atoms with E-state index in [1.54, 1.807) is 13.2 Å². The fourth-order valence-electron chi connectivity index (χ4n) is 1.48. The van der Waals surface area contributed by atoms with E-state index < -0.39 is 0 Å². The monoisotopic (exact) mass is 204 g/mol. The molecule has 0 aliphatic carbocycles. The number of aldehydes is 1. The normalized spacial score (nSPS) is 11.6. The summed E-state index contributed by atoms with van der Waals surface area (Å²) in [7, 11) is 1.64. The molecule has 0 saturated carbocycles. The first-order valence-corrected chi connectivity index (χ1v) is 4.98. The highest BCUT2D eigenvalue weighted by Crippen LogP contribution is 2.24. The van der Waals surface area contributed by atoms with Crippen LogP contribution in [0.5, 0.6) is 5.75 Å². The number of hydrogen-bond donors (Lipinski definition) is 0. The number of benzene rings is 1. The van der Waals surface area contributed by atoms with Crippen LogP contribution in [0.2, 0.25) is 0 Å². The molecule has 0 aromatic heterocycles. The maximum Gasteiger partial charge on any atom is 0.143 e. The summed E-state index contributed by atoms with van der Waals surface area (Å²) >= 11 is 0. The molecule has 1 aromatic carbocycles. The third-order valence-electron chi connectivity index (χ3n) is 2.29. The molecule has 0 aliphatic rings. The number of carbonyl (C=O) groups is 1. The lowest BCUT2D eigenvalue weighted by Gasteiger charge is -2.11. The van der Waals surface area contributed by atoms with Crippen molar-refractivity contribution in [3.8, 4) is 5.75 Å². The third-order valence-corrected chi connectivity index (χ3v) is 2.29. The highest BCUT2D eigenvalue weighted by molar-refractivity contribution is 5.82. The zero-order valence-electron chi connectivity index (χ0n) is 9.36. The number of hydrogen-bond acceptors (Lipinski definition) is 2. The molecule has 0 bridgehead atoms. The van der Waals surface area contributed by atoms with Crippen LogP contribution in [0, 0.1) is 5.92 Å². The van der Waals surface area contributed by atoms with Crippen LogP contribution in [-0.4, -0.2) is 13.4 Å². The van der Waals surface area contributed by atoms with Gasteiger partial charge in [-0.2, -0.15) is 0 Å². The Hall–Kier alpha value is -1.57. The molecule has 1 rings (SSSR count). The van der Waals surface area contributed by atoms with E-state index in [0.29, 0.717) is 5.92 Å². The van der Waals surface area contributed by atoms with Crippen LogP contribution in [0.3, 0.4) is 0 Å². The van der Waals surface area contributed by atoms with Crippen molar-refractivity contribution < 1.29 is 9.53 Å². The molecule has 0 amide bonds. The van der Waals surface area contributed by atoms with E-state index in [0.717, 1.165) is 23.2 Å². The van der Waals surface area contributed by atoms with E-state index in [-0.39, 0.29) is 0 Å². The largest absolute Gasteiger partial charge is 0.497 e. The standard InChI is InChI=1S/C13H16O2/c1-10(2)13(8-9-14)11-4-6-12(15-3)7-5-11/h4-10H,1-3H3/b13-8+. The minimum absolute atomic E-state index is 0.337. The molecule has 0 spiro atoms. The average Bonchev–Trinajstić information content (AvgIpc) is 2.26. The molecule has 1 aromatic rings. The van der Waals surface area contributed by atoms with Gasteiger partial charge in [-0.1, -0.05) is 26.0 Å². The fourth-order valence-corrected chi connectivity index (χ4v) is 1.48. The summed E-state index contributed by atoms with van der Waals surface area (Å²) in [6, 6.07) is 7.73. The van der Waals surface area contributed by atoms with E-state index in [2.05, 4.69) is 13.8 Å². The van der Waals surface area contributed by atoms with Crippen LogP contribution in [0.4, 0.5) is 0 Å². The minimum Gasteiger partial charge on any atom is -0.497 e. The van der Waals surface area contributed by atoms with Gasteiger partial charge >= 0.3 is 0 Å². The molecule has 2 heteroatoms. The van der Waals surface area contributed by atoms with Gasteiger partial charge < -0.3 is 4.74 Å². The quantitative estimate of drug-likeness (QED) is 0.556. The van der Waals surface area contributed by atoms with Crippen LogP contribution < -0.4 is 4.74 Å². The van der Waals surface area contributed by atoms with Gasteiger partial charge in [-0.25, -0.2) is 0 Å². The zero-order valence-corrected chi connectivity index (χ0v) is 9.36. The SMILES string of the molecule is COc1ccc(/C(=C/C=O)C(C)C)cc1. The number of rotatable bonds is 4. The zero-order chi connectivity index (χ0) is 11.3. The lowest BCUT2D eigenvalue weighted by atomic mass is 9.95. The summed E-state index contributed by atoms with van der Waals surface area (Å²) in [5, 5.41) is 0. The van der Waals surface area contributed by atoms with Gasteiger partial charge in [0.05, 0.1) is 7.11 Å². The van der Waals surface area contributed by atoms with Gasteiger partial charge in [-0.3, -0.25) is 4.79 Å². The van der Waals surface area contributed by atoms with E-state index in [9.17, 15) is 4.79 Å². The van der Waals surface area contributed by atoms with Crippen molar-refractivity contribution in [3.63, 3.8) is 0 Å². The maximum atomic E-state index is 10.5. The second-order valence-electron chi connectivity index (χ2n) is 3.64. The average molecular weight is 204 g/mol. The van der Waals surface area contributed by atoms with Crippen molar-refractivity contribution in [3.05, 3.63) is 35.9 Å². The Morgan fingerprint density at radius 3 is 2.27 bits per heavy atom. The lowest BCUT2D eigenvalue weighted by molar-refractivity contribution is -0.104. The van der Waals surface area contributed by atoms with Crippen molar-refractivity contribution in [1.29, 1.82) is 0 Å². The molecule has 15 heavy (non-hydrogen) atoms. The first kappa shape index (κ1) is 11.5. The summed E-state index contributed by atoms with van der Waals surface area (Å²) in [6.07, 6.45) is 2.45. The molecule has 0 atom stereocenters. The van der Waals surface area contributed by atoms with Crippen LogP contribution >= 0.6 is 0 Å². The molecular formula is C13H16O2. The van der Waals surface area contributed by atoms with Gasteiger partial charge in [0.2, 0.25) is 0 Å². The highest BCUT2D eigenvalue weighted by Gasteiger charge is 2.05. The first-order valence-electron chi connectivity index (χ1n) is 4.98. The Balaban J connectivity index is 3.02. The Morgan fingerprint density at radius 2 is 1.87 bits per heavy atom. The molecule has 0 heterocycles. The number of carbonyl (C=O) groups excluding carboxylic acids is 1. The van der Waals surface area contributed by atoms with Crippen LogP contribution in [0.1, 0.15) is 19.4 Å². The fraction of sp³-hybridized carbons (Fsp3) is 0.308. The molecule has 80 valence electrons. The third kappa shape index (κ3) is 2.94. The Bertz CT molecular complexity index is 347. The minimum atomic E-state index is 0.337. The van der Waals surface area contributed by atoms with Gasteiger partial charge in [0, 0.05) is 0 Å². The Labute approximate surface area is 90.6 Å². The van der Waals surface area contributed by atoms with Crippen LogP contribution in [0.25, 0.3) is 5.57 Å². The highest BCUT2D eigenvalue weighted by atomic mass is 16.5.